The van der Waals surface area contributed by atoms with Crippen LogP contribution in [0.25, 0.3) is 0 Å². The molecule has 76 valence electrons. The Morgan fingerprint density at radius 3 is 2.57 bits per heavy atom. The lowest BCUT2D eigenvalue weighted by atomic mass is 9.96. The average Bonchev–Trinajstić information content (AvgIpc) is 2.15. The lowest BCUT2D eigenvalue weighted by Crippen LogP contribution is -2.10. The summed E-state index contributed by atoms with van der Waals surface area (Å²) in [4.78, 5) is 11.7. The molecule has 0 aliphatic rings. The van der Waals surface area contributed by atoms with Gasteiger partial charge in [-0.05, 0) is 18.6 Å². The second-order valence-electron chi connectivity index (χ2n) is 3.37. The van der Waals surface area contributed by atoms with Crippen LogP contribution in [0, 0.1) is 5.92 Å². The van der Waals surface area contributed by atoms with Gasteiger partial charge in [-0.15, -0.1) is 0 Å². The first-order valence-corrected chi connectivity index (χ1v) is 4.62. The first-order chi connectivity index (χ1) is 6.56. The fraction of sp³-hybridized carbons (Fsp3) is 0.364. The minimum absolute atomic E-state index is 0.0387. The Hall–Kier alpha value is -1.51. The maximum atomic E-state index is 11.7. The lowest BCUT2D eigenvalue weighted by Gasteiger charge is -2.08. The monoisotopic (exact) mass is 194 g/mol. The molecule has 0 spiro atoms. The minimum atomic E-state index is -0.157. The topological polar surface area (TPSA) is 57.5 Å². The van der Waals surface area contributed by atoms with Gasteiger partial charge >= 0.3 is 0 Å². The third-order valence-electron chi connectivity index (χ3n) is 2.31. The molecule has 2 N–H and O–H groups in total. The van der Waals surface area contributed by atoms with Gasteiger partial charge in [-0.3, -0.25) is 4.79 Å². The largest absolute Gasteiger partial charge is 0.508 e. The van der Waals surface area contributed by atoms with Gasteiger partial charge in [-0.1, -0.05) is 13.8 Å². The molecule has 3 heteroatoms. The molecular formula is C11H14O3. The number of phenols is 2. The molecule has 0 unspecified atom stereocenters. The van der Waals surface area contributed by atoms with Crippen LogP contribution >= 0.6 is 0 Å². The molecule has 0 amide bonds. The van der Waals surface area contributed by atoms with E-state index in [-0.39, 0.29) is 28.8 Å². The van der Waals surface area contributed by atoms with Crippen molar-refractivity contribution in [2.45, 2.75) is 20.3 Å². The summed E-state index contributed by atoms with van der Waals surface area (Å²) in [5, 5.41) is 18.5. The van der Waals surface area contributed by atoms with Gasteiger partial charge < -0.3 is 10.2 Å². The van der Waals surface area contributed by atoms with Crippen molar-refractivity contribution >= 4 is 5.78 Å². The molecule has 0 fully saturated rings. The van der Waals surface area contributed by atoms with E-state index in [9.17, 15) is 9.90 Å². The highest BCUT2D eigenvalue weighted by Gasteiger charge is 2.16. The molecule has 0 radical (unpaired) electrons. The van der Waals surface area contributed by atoms with Crippen LogP contribution in [0.2, 0.25) is 0 Å². The second-order valence-corrected chi connectivity index (χ2v) is 3.37. The summed E-state index contributed by atoms with van der Waals surface area (Å²) < 4.78 is 0. The van der Waals surface area contributed by atoms with Gasteiger partial charge in [0, 0.05) is 12.0 Å². The number of carbonyl (C=O) groups excluding carboxylic acids is 1. The van der Waals surface area contributed by atoms with E-state index in [2.05, 4.69) is 0 Å². The van der Waals surface area contributed by atoms with Crippen molar-refractivity contribution in [2.24, 2.45) is 5.92 Å². The van der Waals surface area contributed by atoms with E-state index in [1.165, 1.54) is 18.2 Å². The van der Waals surface area contributed by atoms with Crippen molar-refractivity contribution in [3.63, 3.8) is 0 Å². The normalized spacial score (nSPS) is 12.4. The van der Waals surface area contributed by atoms with E-state index in [0.717, 1.165) is 6.42 Å². The van der Waals surface area contributed by atoms with Crippen LogP contribution in [-0.4, -0.2) is 16.0 Å². The van der Waals surface area contributed by atoms with Gasteiger partial charge in [0.15, 0.2) is 5.78 Å². The quantitative estimate of drug-likeness (QED) is 0.726. The first-order valence-electron chi connectivity index (χ1n) is 4.62. The predicted octanol–water partition coefficient (Wildman–Crippen LogP) is 2.33. The molecule has 1 atom stereocenters. The summed E-state index contributed by atoms with van der Waals surface area (Å²) >= 11 is 0. The molecule has 1 aromatic rings. The molecule has 1 rings (SSSR count). The molecule has 1 aromatic carbocycles. The van der Waals surface area contributed by atoms with Crippen molar-refractivity contribution in [2.75, 3.05) is 0 Å². The zero-order valence-electron chi connectivity index (χ0n) is 8.32. The molecule has 0 bridgehead atoms. The molecule has 3 nitrogen and oxygen atoms in total. The SMILES string of the molecule is CC[C@@H](C)C(=O)c1ccc(O)cc1O. The molecule has 0 aromatic heterocycles. The minimum Gasteiger partial charge on any atom is -0.508 e. The Kier molecular flexibility index (Phi) is 3.12. The number of rotatable bonds is 3. The van der Waals surface area contributed by atoms with Gasteiger partial charge in [-0.2, -0.15) is 0 Å². The Morgan fingerprint density at radius 2 is 2.07 bits per heavy atom. The highest BCUT2D eigenvalue weighted by atomic mass is 16.3. The standard InChI is InChI=1S/C11H14O3/c1-3-7(2)11(14)9-5-4-8(12)6-10(9)13/h4-7,12-13H,3H2,1-2H3/t7-/m1/s1. The van der Waals surface area contributed by atoms with Crippen molar-refractivity contribution < 1.29 is 15.0 Å². The van der Waals surface area contributed by atoms with Crippen LogP contribution in [0.4, 0.5) is 0 Å². The molecule has 0 heterocycles. The summed E-state index contributed by atoms with van der Waals surface area (Å²) in [5.41, 5.74) is 0.275. The molecular weight excluding hydrogens is 180 g/mol. The number of Topliss-reactive ketones (excluding diaryl/α,β-unsaturated/α-hetero) is 1. The summed E-state index contributed by atoms with van der Waals surface area (Å²) in [6.07, 6.45) is 0.735. The molecule has 0 saturated carbocycles. The zero-order valence-corrected chi connectivity index (χ0v) is 8.32. The Morgan fingerprint density at radius 1 is 1.43 bits per heavy atom. The number of aromatic hydroxyl groups is 2. The van der Waals surface area contributed by atoms with Crippen molar-refractivity contribution in [1.29, 1.82) is 0 Å². The van der Waals surface area contributed by atoms with Crippen molar-refractivity contribution in [1.82, 2.24) is 0 Å². The summed E-state index contributed by atoms with van der Waals surface area (Å²) in [7, 11) is 0. The predicted molar refractivity (Wildman–Crippen MR) is 53.6 cm³/mol. The number of benzene rings is 1. The average molecular weight is 194 g/mol. The van der Waals surface area contributed by atoms with Crippen LogP contribution in [0.5, 0.6) is 11.5 Å². The number of phenolic OH excluding ortho intramolecular Hbond substituents is 2. The van der Waals surface area contributed by atoms with Gasteiger partial charge in [-0.25, -0.2) is 0 Å². The van der Waals surface area contributed by atoms with Crippen molar-refractivity contribution in [3.8, 4) is 11.5 Å². The van der Waals surface area contributed by atoms with Gasteiger partial charge in [0.25, 0.3) is 0 Å². The van der Waals surface area contributed by atoms with E-state index in [1.54, 1.807) is 0 Å². The third kappa shape index (κ3) is 2.05. The summed E-state index contributed by atoms with van der Waals surface area (Å²) in [6.45, 7) is 3.73. The molecule has 14 heavy (non-hydrogen) atoms. The van der Waals surface area contributed by atoms with Gasteiger partial charge in [0.1, 0.15) is 11.5 Å². The molecule has 0 saturated heterocycles. The third-order valence-corrected chi connectivity index (χ3v) is 2.31. The fourth-order valence-electron chi connectivity index (χ4n) is 1.18. The van der Waals surface area contributed by atoms with Crippen LogP contribution in [0.15, 0.2) is 18.2 Å². The fourth-order valence-corrected chi connectivity index (χ4v) is 1.18. The second kappa shape index (κ2) is 4.13. The maximum absolute atomic E-state index is 11.7. The number of ketones is 1. The first kappa shape index (κ1) is 10.6. The Balaban J connectivity index is 3.02. The van der Waals surface area contributed by atoms with E-state index in [0.29, 0.717) is 0 Å². The zero-order chi connectivity index (χ0) is 10.7. The summed E-state index contributed by atoms with van der Waals surface area (Å²) in [5.74, 6) is -0.394. The van der Waals surface area contributed by atoms with E-state index >= 15 is 0 Å². The highest BCUT2D eigenvalue weighted by Crippen LogP contribution is 2.25. The summed E-state index contributed by atoms with van der Waals surface area (Å²) in [6, 6.07) is 4.02. The number of hydrogen-bond donors (Lipinski definition) is 2. The van der Waals surface area contributed by atoms with E-state index in [1.807, 2.05) is 13.8 Å². The van der Waals surface area contributed by atoms with Crippen LogP contribution in [0.3, 0.4) is 0 Å². The maximum Gasteiger partial charge on any atom is 0.169 e. The van der Waals surface area contributed by atoms with Gasteiger partial charge in [0.2, 0.25) is 0 Å². The van der Waals surface area contributed by atoms with Crippen LogP contribution in [0.1, 0.15) is 30.6 Å². The molecule has 0 aliphatic heterocycles. The Bertz CT molecular complexity index is 344. The number of hydrogen-bond acceptors (Lipinski definition) is 3. The van der Waals surface area contributed by atoms with Crippen LogP contribution in [-0.2, 0) is 0 Å². The van der Waals surface area contributed by atoms with Gasteiger partial charge in [0.05, 0.1) is 5.56 Å². The van der Waals surface area contributed by atoms with E-state index in [4.69, 9.17) is 5.11 Å². The van der Waals surface area contributed by atoms with Crippen LogP contribution < -0.4 is 0 Å². The van der Waals surface area contributed by atoms with Crippen molar-refractivity contribution in [3.05, 3.63) is 23.8 Å². The smallest absolute Gasteiger partial charge is 0.169 e. The molecule has 0 aliphatic carbocycles. The highest BCUT2D eigenvalue weighted by molar-refractivity contribution is 6.00. The lowest BCUT2D eigenvalue weighted by molar-refractivity contribution is 0.0924. The Labute approximate surface area is 83.0 Å². The van der Waals surface area contributed by atoms with E-state index < -0.39 is 0 Å². The number of carbonyl (C=O) groups is 1.